The number of nitriles is 1. The first-order chi connectivity index (χ1) is 10.1. The van der Waals surface area contributed by atoms with E-state index in [1.165, 1.54) is 18.2 Å². The summed E-state index contributed by atoms with van der Waals surface area (Å²) in [5.74, 6) is -0.315. The third kappa shape index (κ3) is 3.54. The lowest BCUT2D eigenvalue weighted by atomic mass is 10.1. The van der Waals surface area contributed by atoms with Gasteiger partial charge in [0.2, 0.25) is 0 Å². The van der Waals surface area contributed by atoms with Crippen LogP contribution in [0.15, 0.2) is 42.5 Å². The van der Waals surface area contributed by atoms with E-state index in [-0.39, 0.29) is 22.8 Å². The molecule has 2 aromatic carbocycles. The number of rotatable bonds is 5. The van der Waals surface area contributed by atoms with Crippen molar-refractivity contribution in [3.63, 3.8) is 0 Å². The lowest BCUT2D eigenvalue weighted by Gasteiger charge is -2.08. The predicted molar refractivity (Wildman–Crippen MR) is 76.4 cm³/mol. The van der Waals surface area contributed by atoms with Gasteiger partial charge in [-0.25, -0.2) is 4.39 Å². The van der Waals surface area contributed by atoms with Crippen molar-refractivity contribution in [1.29, 1.82) is 5.26 Å². The molecule has 106 valence electrons. The highest BCUT2D eigenvalue weighted by molar-refractivity contribution is 5.68. The largest absolute Gasteiger partial charge is 0.379 e. The van der Waals surface area contributed by atoms with Gasteiger partial charge < -0.3 is 5.32 Å². The van der Waals surface area contributed by atoms with E-state index in [4.69, 9.17) is 5.26 Å². The highest BCUT2D eigenvalue weighted by atomic mass is 19.1. The van der Waals surface area contributed by atoms with E-state index >= 15 is 0 Å². The second-order valence-electron chi connectivity index (χ2n) is 4.38. The van der Waals surface area contributed by atoms with Gasteiger partial charge in [-0.2, -0.15) is 5.26 Å². The maximum Gasteiger partial charge on any atom is 0.309 e. The van der Waals surface area contributed by atoms with Gasteiger partial charge in [-0.1, -0.05) is 18.2 Å². The average Bonchev–Trinajstić information content (AvgIpc) is 2.46. The molecule has 0 aliphatic heterocycles. The molecular formula is C15H12FN3O2. The van der Waals surface area contributed by atoms with Crippen molar-refractivity contribution in [3.05, 3.63) is 69.5 Å². The van der Waals surface area contributed by atoms with Crippen LogP contribution in [0.5, 0.6) is 0 Å². The van der Waals surface area contributed by atoms with Crippen molar-refractivity contribution in [2.24, 2.45) is 0 Å². The van der Waals surface area contributed by atoms with Crippen LogP contribution in [0, 0.1) is 27.3 Å². The molecule has 2 aromatic rings. The molecule has 2 rings (SSSR count). The standard InChI is InChI=1S/C15H12FN3O2/c16-13-5-1-3-11(9-13)7-8-18-14-6-2-4-12(10-17)15(14)19(20)21/h1-6,9,18H,7-8H2. The lowest BCUT2D eigenvalue weighted by Crippen LogP contribution is -2.07. The number of nitro groups is 1. The molecule has 0 amide bonds. The Morgan fingerprint density at radius 2 is 2.05 bits per heavy atom. The Labute approximate surface area is 120 Å². The topological polar surface area (TPSA) is 79.0 Å². The van der Waals surface area contributed by atoms with Crippen LogP contribution in [-0.4, -0.2) is 11.5 Å². The van der Waals surface area contributed by atoms with Gasteiger partial charge in [0.1, 0.15) is 23.1 Å². The number of benzene rings is 2. The summed E-state index contributed by atoms with van der Waals surface area (Å²) >= 11 is 0. The molecule has 0 atom stereocenters. The monoisotopic (exact) mass is 285 g/mol. The summed E-state index contributed by atoms with van der Waals surface area (Å²) in [6.07, 6.45) is 0.520. The summed E-state index contributed by atoms with van der Waals surface area (Å²) in [4.78, 5) is 10.5. The Morgan fingerprint density at radius 1 is 1.29 bits per heavy atom. The number of anilines is 1. The Bertz CT molecular complexity index is 710. The molecule has 6 heteroatoms. The number of nitrogens with zero attached hydrogens (tertiary/aromatic N) is 2. The molecule has 0 fully saturated rings. The van der Waals surface area contributed by atoms with E-state index in [9.17, 15) is 14.5 Å². The third-order valence-corrected chi connectivity index (χ3v) is 2.96. The fourth-order valence-electron chi connectivity index (χ4n) is 2.01. The van der Waals surface area contributed by atoms with Crippen LogP contribution < -0.4 is 5.32 Å². The van der Waals surface area contributed by atoms with Crippen LogP contribution in [0.25, 0.3) is 0 Å². The SMILES string of the molecule is N#Cc1cccc(NCCc2cccc(F)c2)c1[N+](=O)[O-]. The van der Waals surface area contributed by atoms with Gasteiger partial charge in [-0.05, 0) is 36.2 Å². The lowest BCUT2D eigenvalue weighted by molar-refractivity contribution is -0.384. The summed E-state index contributed by atoms with van der Waals surface area (Å²) in [5.41, 5.74) is 0.854. The predicted octanol–water partition coefficient (Wildman–Crippen LogP) is 3.26. The van der Waals surface area contributed by atoms with Gasteiger partial charge in [0.15, 0.2) is 0 Å². The molecule has 0 aliphatic carbocycles. The van der Waals surface area contributed by atoms with Gasteiger partial charge in [-0.15, -0.1) is 0 Å². The summed E-state index contributed by atoms with van der Waals surface area (Å²) < 4.78 is 13.0. The van der Waals surface area contributed by atoms with Crippen molar-refractivity contribution in [1.82, 2.24) is 0 Å². The van der Waals surface area contributed by atoms with Gasteiger partial charge >= 0.3 is 5.69 Å². The first-order valence-electron chi connectivity index (χ1n) is 6.27. The van der Waals surface area contributed by atoms with E-state index < -0.39 is 4.92 Å². The molecule has 0 saturated carbocycles. The molecule has 0 bridgehead atoms. The summed E-state index contributed by atoms with van der Waals surface area (Å²) in [6, 6.07) is 12.5. The Morgan fingerprint density at radius 3 is 2.71 bits per heavy atom. The molecule has 0 spiro atoms. The first-order valence-corrected chi connectivity index (χ1v) is 6.27. The van der Waals surface area contributed by atoms with E-state index in [1.807, 2.05) is 0 Å². The minimum absolute atomic E-state index is 0.00996. The molecule has 0 radical (unpaired) electrons. The molecule has 21 heavy (non-hydrogen) atoms. The zero-order chi connectivity index (χ0) is 15.2. The molecule has 0 aliphatic rings. The zero-order valence-corrected chi connectivity index (χ0v) is 11.0. The maximum absolute atomic E-state index is 13.0. The zero-order valence-electron chi connectivity index (χ0n) is 11.0. The van der Waals surface area contributed by atoms with Gasteiger partial charge in [-0.3, -0.25) is 10.1 Å². The van der Waals surface area contributed by atoms with Crippen molar-refractivity contribution in [2.75, 3.05) is 11.9 Å². The Hall–Kier alpha value is -2.94. The summed E-state index contributed by atoms with van der Waals surface area (Å²) in [6.45, 7) is 0.402. The fourth-order valence-corrected chi connectivity index (χ4v) is 2.01. The number of hydrogen-bond acceptors (Lipinski definition) is 4. The van der Waals surface area contributed by atoms with Crippen molar-refractivity contribution < 1.29 is 9.31 Å². The van der Waals surface area contributed by atoms with Crippen LogP contribution in [0.3, 0.4) is 0 Å². The van der Waals surface area contributed by atoms with E-state index in [0.717, 1.165) is 5.56 Å². The van der Waals surface area contributed by atoms with Crippen LogP contribution >= 0.6 is 0 Å². The van der Waals surface area contributed by atoms with E-state index in [1.54, 1.807) is 30.3 Å². The Balaban J connectivity index is 2.10. The normalized spacial score (nSPS) is 9.90. The molecule has 0 aromatic heterocycles. The average molecular weight is 285 g/mol. The van der Waals surface area contributed by atoms with Gasteiger partial charge in [0.25, 0.3) is 0 Å². The molecule has 5 nitrogen and oxygen atoms in total. The van der Waals surface area contributed by atoms with Crippen molar-refractivity contribution in [2.45, 2.75) is 6.42 Å². The second kappa shape index (κ2) is 6.48. The van der Waals surface area contributed by atoms with Crippen molar-refractivity contribution >= 4 is 11.4 Å². The van der Waals surface area contributed by atoms with Gasteiger partial charge in [0, 0.05) is 6.54 Å². The molecule has 1 N–H and O–H groups in total. The smallest absolute Gasteiger partial charge is 0.309 e. The van der Waals surface area contributed by atoms with E-state index in [2.05, 4.69) is 5.32 Å². The molecule has 0 unspecified atom stereocenters. The fraction of sp³-hybridized carbons (Fsp3) is 0.133. The number of halogens is 1. The van der Waals surface area contributed by atoms with Crippen LogP contribution in [-0.2, 0) is 6.42 Å². The third-order valence-electron chi connectivity index (χ3n) is 2.96. The number of para-hydroxylation sites is 1. The summed E-state index contributed by atoms with van der Waals surface area (Å²) in [5, 5.41) is 22.9. The number of nitro benzene ring substituents is 1. The molecule has 0 heterocycles. The molecular weight excluding hydrogens is 273 g/mol. The van der Waals surface area contributed by atoms with Crippen LogP contribution in [0.1, 0.15) is 11.1 Å². The number of nitrogens with one attached hydrogen (secondary N) is 1. The highest BCUT2D eigenvalue weighted by Crippen LogP contribution is 2.27. The minimum atomic E-state index is -0.580. The maximum atomic E-state index is 13.0. The van der Waals surface area contributed by atoms with Gasteiger partial charge in [0.05, 0.1) is 4.92 Å². The quantitative estimate of drug-likeness (QED) is 0.675. The Kier molecular flexibility index (Phi) is 4.46. The first kappa shape index (κ1) is 14.5. The van der Waals surface area contributed by atoms with Crippen LogP contribution in [0.4, 0.5) is 15.8 Å². The van der Waals surface area contributed by atoms with Crippen LogP contribution in [0.2, 0.25) is 0 Å². The summed E-state index contributed by atoms with van der Waals surface area (Å²) in [7, 11) is 0. The van der Waals surface area contributed by atoms with Crippen molar-refractivity contribution in [3.8, 4) is 6.07 Å². The highest BCUT2D eigenvalue weighted by Gasteiger charge is 2.18. The van der Waals surface area contributed by atoms with E-state index in [0.29, 0.717) is 13.0 Å². The molecule has 0 saturated heterocycles. The second-order valence-corrected chi connectivity index (χ2v) is 4.38. The number of hydrogen-bond donors (Lipinski definition) is 1. The minimum Gasteiger partial charge on any atom is -0.379 e.